The van der Waals surface area contributed by atoms with Gasteiger partial charge in [-0.05, 0) is 23.8 Å². The minimum Gasteiger partial charge on any atom is -0.481 e. The molecule has 10 nitrogen and oxygen atoms in total. The summed E-state index contributed by atoms with van der Waals surface area (Å²) in [5.41, 5.74) is 0.550. The number of nitrogens with one attached hydrogen (secondary N) is 1. The van der Waals surface area contributed by atoms with Crippen LogP contribution in [0.2, 0.25) is 0 Å². The van der Waals surface area contributed by atoms with E-state index in [4.69, 9.17) is 9.84 Å². The highest BCUT2D eigenvalue weighted by Gasteiger charge is 2.06. The molecular formula is C15H18N4O6. The highest BCUT2D eigenvalue weighted by molar-refractivity contribution is 5.70. The Morgan fingerprint density at radius 3 is 2.48 bits per heavy atom. The van der Waals surface area contributed by atoms with Crippen LogP contribution in [0.1, 0.15) is 12.0 Å². The predicted octanol–water partition coefficient (Wildman–Crippen LogP) is 1.72. The molecule has 134 valence electrons. The van der Waals surface area contributed by atoms with Crippen molar-refractivity contribution in [2.24, 2.45) is 7.05 Å². The van der Waals surface area contributed by atoms with Gasteiger partial charge in [0.25, 0.3) is 5.69 Å². The summed E-state index contributed by atoms with van der Waals surface area (Å²) in [7, 11) is 1.89. The number of carbonyl (C=O) groups excluding carboxylic acids is 1. The van der Waals surface area contributed by atoms with Gasteiger partial charge in [0.2, 0.25) is 0 Å². The molecule has 2 rings (SSSR count). The molecular weight excluding hydrogens is 332 g/mol. The zero-order valence-corrected chi connectivity index (χ0v) is 13.5. The molecule has 1 amide bonds. The lowest BCUT2D eigenvalue weighted by Crippen LogP contribution is -2.26. The molecule has 0 radical (unpaired) electrons. The highest BCUT2D eigenvalue weighted by Crippen LogP contribution is 2.12. The smallest absolute Gasteiger partial charge is 0.407 e. The number of non-ortho nitro benzene ring substituents is 1. The van der Waals surface area contributed by atoms with Crippen molar-refractivity contribution in [3.05, 3.63) is 58.4 Å². The standard InChI is InChI=1S/C11H12N2O6.C4H6N2/c14-10(15)5-6-12-11(16)19-7-8-1-3-9(4-2-8)13(17)18;1-6-4-2-3-5-6/h1-4H,5-7H2,(H,12,16)(H,14,15);2-4H,1H3. The van der Waals surface area contributed by atoms with E-state index in [2.05, 4.69) is 10.4 Å². The van der Waals surface area contributed by atoms with Gasteiger partial charge in [-0.25, -0.2) is 4.79 Å². The molecule has 0 fully saturated rings. The average Bonchev–Trinajstić information content (AvgIpc) is 3.04. The zero-order chi connectivity index (χ0) is 18.7. The van der Waals surface area contributed by atoms with Crippen molar-refractivity contribution in [3.63, 3.8) is 0 Å². The second-order valence-corrected chi connectivity index (χ2v) is 4.75. The predicted molar refractivity (Wildman–Crippen MR) is 86.7 cm³/mol. The number of amides is 1. The van der Waals surface area contributed by atoms with E-state index < -0.39 is 17.0 Å². The minimum absolute atomic E-state index is 0.0194. The van der Waals surface area contributed by atoms with Gasteiger partial charge in [-0.3, -0.25) is 19.6 Å². The van der Waals surface area contributed by atoms with E-state index in [0.717, 1.165) is 0 Å². The molecule has 0 spiro atoms. The van der Waals surface area contributed by atoms with Gasteiger partial charge in [-0.1, -0.05) is 0 Å². The summed E-state index contributed by atoms with van der Waals surface area (Å²) in [4.78, 5) is 31.2. The summed E-state index contributed by atoms with van der Waals surface area (Å²) in [6, 6.07) is 7.45. The summed E-state index contributed by atoms with van der Waals surface area (Å²) >= 11 is 0. The van der Waals surface area contributed by atoms with Gasteiger partial charge in [0.15, 0.2) is 0 Å². The van der Waals surface area contributed by atoms with Gasteiger partial charge >= 0.3 is 12.1 Å². The molecule has 2 aromatic rings. The molecule has 0 unspecified atom stereocenters. The maximum Gasteiger partial charge on any atom is 0.407 e. The number of carboxylic acid groups (broad SMARTS) is 1. The quantitative estimate of drug-likeness (QED) is 0.597. The molecule has 0 saturated carbocycles. The van der Waals surface area contributed by atoms with Gasteiger partial charge in [0.1, 0.15) is 6.61 Å². The van der Waals surface area contributed by atoms with Crippen molar-refractivity contribution < 1.29 is 24.4 Å². The van der Waals surface area contributed by atoms with Gasteiger partial charge in [-0.2, -0.15) is 5.10 Å². The van der Waals surface area contributed by atoms with Gasteiger partial charge in [-0.15, -0.1) is 0 Å². The first kappa shape index (κ1) is 19.6. The number of aryl methyl sites for hydroxylation is 1. The van der Waals surface area contributed by atoms with Crippen LogP contribution in [0.5, 0.6) is 0 Å². The fraction of sp³-hybridized carbons (Fsp3) is 0.267. The normalized spacial score (nSPS) is 9.48. The molecule has 0 bridgehead atoms. The Labute approximate surface area is 143 Å². The van der Waals surface area contributed by atoms with E-state index in [1.165, 1.54) is 24.3 Å². The second kappa shape index (κ2) is 10.4. The van der Waals surface area contributed by atoms with E-state index in [1.54, 1.807) is 10.9 Å². The lowest BCUT2D eigenvalue weighted by atomic mass is 10.2. The van der Waals surface area contributed by atoms with E-state index in [0.29, 0.717) is 5.56 Å². The second-order valence-electron chi connectivity index (χ2n) is 4.75. The number of nitro benzene ring substituents is 1. The number of aliphatic carboxylic acids is 1. The lowest BCUT2D eigenvalue weighted by Gasteiger charge is -2.05. The third kappa shape index (κ3) is 8.69. The summed E-state index contributed by atoms with van der Waals surface area (Å²) in [5, 5.41) is 24.9. The van der Waals surface area contributed by atoms with Crippen LogP contribution in [0, 0.1) is 10.1 Å². The van der Waals surface area contributed by atoms with Crippen molar-refractivity contribution in [1.29, 1.82) is 0 Å². The Morgan fingerprint density at radius 1 is 1.36 bits per heavy atom. The Hall–Kier alpha value is -3.43. The van der Waals surface area contributed by atoms with Crippen LogP contribution in [-0.4, -0.2) is 38.4 Å². The Balaban J connectivity index is 0.000000435. The fourth-order valence-electron chi connectivity index (χ4n) is 1.53. The number of ether oxygens (including phenoxy) is 1. The highest BCUT2D eigenvalue weighted by atomic mass is 16.6. The number of carboxylic acids is 1. The fourth-order valence-corrected chi connectivity index (χ4v) is 1.53. The molecule has 10 heteroatoms. The molecule has 0 saturated heterocycles. The van der Waals surface area contributed by atoms with Crippen molar-refractivity contribution in [2.45, 2.75) is 13.0 Å². The number of carbonyl (C=O) groups is 2. The number of alkyl carbamates (subject to hydrolysis) is 1. The number of nitro groups is 1. The average molecular weight is 350 g/mol. The zero-order valence-electron chi connectivity index (χ0n) is 13.5. The van der Waals surface area contributed by atoms with Crippen LogP contribution in [0.25, 0.3) is 0 Å². The van der Waals surface area contributed by atoms with Crippen molar-refractivity contribution >= 4 is 17.7 Å². The monoisotopic (exact) mass is 350 g/mol. The molecule has 0 aliphatic rings. The third-order valence-corrected chi connectivity index (χ3v) is 2.76. The maximum absolute atomic E-state index is 11.1. The lowest BCUT2D eigenvalue weighted by molar-refractivity contribution is -0.384. The van der Waals surface area contributed by atoms with E-state index >= 15 is 0 Å². The van der Waals surface area contributed by atoms with Crippen molar-refractivity contribution in [2.75, 3.05) is 6.54 Å². The summed E-state index contributed by atoms with van der Waals surface area (Å²) in [6.07, 6.45) is 2.71. The Bertz CT molecular complexity index is 685. The number of benzene rings is 1. The number of aromatic nitrogens is 2. The van der Waals surface area contributed by atoms with Crippen LogP contribution in [0.4, 0.5) is 10.5 Å². The van der Waals surface area contributed by atoms with Gasteiger partial charge in [0.05, 0.1) is 11.3 Å². The number of hydrogen-bond donors (Lipinski definition) is 2. The molecule has 0 atom stereocenters. The Kier molecular flexibility index (Phi) is 8.13. The third-order valence-electron chi connectivity index (χ3n) is 2.76. The first-order valence-corrected chi connectivity index (χ1v) is 7.18. The van der Waals surface area contributed by atoms with Crippen molar-refractivity contribution in [1.82, 2.24) is 15.1 Å². The largest absolute Gasteiger partial charge is 0.481 e. The van der Waals surface area contributed by atoms with Gasteiger partial charge in [0, 0.05) is 38.1 Å². The summed E-state index contributed by atoms with van der Waals surface area (Å²) in [6.45, 7) is -0.0642. The molecule has 1 aromatic carbocycles. The van der Waals surface area contributed by atoms with Crippen LogP contribution >= 0.6 is 0 Å². The SMILES string of the molecule is Cn1cccn1.O=C(O)CCNC(=O)OCc1ccc([N+](=O)[O-])cc1. The van der Waals surface area contributed by atoms with E-state index in [-0.39, 0.29) is 25.3 Å². The van der Waals surface area contributed by atoms with Crippen LogP contribution in [-0.2, 0) is 23.2 Å². The van der Waals surface area contributed by atoms with Crippen LogP contribution in [0.3, 0.4) is 0 Å². The minimum atomic E-state index is -1.02. The summed E-state index contributed by atoms with van der Waals surface area (Å²) in [5.74, 6) is -1.02. The van der Waals surface area contributed by atoms with Crippen LogP contribution < -0.4 is 5.32 Å². The van der Waals surface area contributed by atoms with E-state index in [9.17, 15) is 19.7 Å². The number of nitrogens with zero attached hydrogens (tertiary/aromatic N) is 3. The molecule has 2 N–H and O–H groups in total. The molecule has 1 heterocycles. The Morgan fingerprint density at radius 2 is 2.04 bits per heavy atom. The number of hydrogen-bond acceptors (Lipinski definition) is 6. The summed E-state index contributed by atoms with van der Waals surface area (Å²) < 4.78 is 6.55. The first-order chi connectivity index (χ1) is 11.9. The number of rotatable bonds is 6. The van der Waals surface area contributed by atoms with Gasteiger partial charge < -0.3 is 15.2 Å². The van der Waals surface area contributed by atoms with E-state index in [1.807, 2.05) is 19.3 Å². The maximum atomic E-state index is 11.1. The van der Waals surface area contributed by atoms with Crippen molar-refractivity contribution in [3.8, 4) is 0 Å². The molecule has 1 aromatic heterocycles. The first-order valence-electron chi connectivity index (χ1n) is 7.18. The van der Waals surface area contributed by atoms with Crippen LogP contribution in [0.15, 0.2) is 42.7 Å². The molecule has 0 aliphatic carbocycles. The molecule has 0 aliphatic heterocycles. The topological polar surface area (TPSA) is 137 Å². The molecule has 25 heavy (non-hydrogen) atoms.